The Kier molecular flexibility index (Phi) is 2.79. The van der Waals surface area contributed by atoms with E-state index in [0.29, 0.717) is 10.8 Å². The molecular weight excluding hydrogens is 262 g/mol. The first-order valence-corrected chi connectivity index (χ1v) is 6.56. The van der Waals surface area contributed by atoms with Crippen molar-refractivity contribution in [1.82, 2.24) is 10.1 Å². The van der Waals surface area contributed by atoms with E-state index in [1.165, 1.54) is 11.3 Å². The molecule has 1 N–H and O–H groups in total. The van der Waals surface area contributed by atoms with Gasteiger partial charge in [0.1, 0.15) is 0 Å². The van der Waals surface area contributed by atoms with Gasteiger partial charge >= 0.3 is 0 Å². The number of aromatic nitrogens is 2. The van der Waals surface area contributed by atoms with Crippen LogP contribution in [0.4, 0.5) is 5.13 Å². The second kappa shape index (κ2) is 4.47. The molecule has 0 unspecified atom stereocenters. The van der Waals surface area contributed by atoms with Crippen LogP contribution in [0.1, 0.15) is 21.8 Å². The summed E-state index contributed by atoms with van der Waals surface area (Å²) in [5, 5.41) is 6.96. The number of carbonyl (C=O) groups excluding carboxylic acids is 1. The van der Waals surface area contributed by atoms with Gasteiger partial charge in [-0.05, 0) is 25.5 Å². The molecule has 6 heteroatoms. The molecular formula is C13H11N3O2S. The van der Waals surface area contributed by atoms with Crippen molar-refractivity contribution in [3.8, 4) is 0 Å². The molecule has 2 heterocycles. The molecule has 0 fully saturated rings. The number of para-hydroxylation sites is 1. The fraction of sp³-hybridized carbons (Fsp3) is 0.154. The molecule has 3 rings (SSSR count). The van der Waals surface area contributed by atoms with Crippen molar-refractivity contribution < 1.29 is 9.32 Å². The summed E-state index contributed by atoms with van der Waals surface area (Å²) >= 11 is 1.44. The Morgan fingerprint density at radius 3 is 2.89 bits per heavy atom. The number of rotatable bonds is 2. The van der Waals surface area contributed by atoms with Gasteiger partial charge in [-0.3, -0.25) is 10.1 Å². The molecule has 0 aliphatic carbocycles. The smallest absolute Gasteiger partial charge is 0.296 e. The van der Waals surface area contributed by atoms with Crippen LogP contribution in [0.25, 0.3) is 10.2 Å². The quantitative estimate of drug-likeness (QED) is 0.778. The van der Waals surface area contributed by atoms with Gasteiger partial charge in [-0.25, -0.2) is 4.98 Å². The number of benzene rings is 1. The topological polar surface area (TPSA) is 68.0 Å². The molecule has 0 saturated carbocycles. The number of anilines is 1. The largest absolute Gasteiger partial charge is 0.351 e. The molecule has 0 bridgehead atoms. The average molecular weight is 273 g/mol. The van der Waals surface area contributed by atoms with Crippen molar-refractivity contribution in [1.29, 1.82) is 0 Å². The summed E-state index contributed by atoms with van der Waals surface area (Å²) in [6, 6.07) is 7.54. The van der Waals surface area contributed by atoms with Crippen LogP contribution in [0.2, 0.25) is 0 Å². The maximum Gasteiger partial charge on any atom is 0.296 e. The summed E-state index contributed by atoms with van der Waals surface area (Å²) in [7, 11) is 0. The van der Waals surface area contributed by atoms with Crippen molar-refractivity contribution in [2.75, 3.05) is 5.32 Å². The minimum atomic E-state index is -0.336. The second-order valence-electron chi connectivity index (χ2n) is 4.23. The van der Waals surface area contributed by atoms with E-state index in [1.54, 1.807) is 13.0 Å². The highest BCUT2D eigenvalue weighted by atomic mass is 32.1. The van der Waals surface area contributed by atoms with Gasteiger partial charge in [0.15, 0.2) is 5.13 Å². The van der Waals surface area contributed by atoms with E-state index in [-0.39, 0.29) is 11.7 Å². The Bertz CT molecular complexity index is 760. The third-order valence-electron chi connectivity index (χ3n) is 2.69. The molecule has 0 atom stereocenters. The van der Waals surface area contributed by atoms with Crippen LogP contribution in [-0.4, -0.2) is 16.0 Å². The monoisotopic (exact) mass is 273 g/mol. The first kappa shape index (κ1) is 11.9. The first-order valence-electron chi connectivity index (χ1n) is 5.74. The van der Waals surface area contributed by atoms with Crippen LogP contribution in [0.15, 0.2) is 28.8 Å². The normalized spacial score (nSPS) is 10.8. The lowest BCUT2D eigenvalue weighted by molar-refractivity contribution is 0.0988. The zero-order valence-corrected chi connectivity index (χ0v) is 11.2. The zero-order valence-electron chi connectivity index (χ0n) is 10.4. The molecule has 1 aromatic carbocycles. The van der Waals surface area contributed by atoms with Gasteiger partial charge in [-0.15, -0.1) is 0 Å². The molecule has 0 aliphatic heterocycles. The Morgan fingerprint density at radius 2 is 2.21 bits per heavy atom. The van der Waals surface area contributed by atoms with Gasteiger partial charge in [0.25, 0.3) is 5.91 Å². The lowest BCUT2D eigenvalue weighted by atomic mass is 10.2. The summed E-state index contributed by atoms with van der Waals surface area (Å²) < 4.78 is 5.96. The number of fused-ring (bicyclic) bond motifs is 1. The van der Waals surface area contributed by atoms with Crippen molar-refractivity contribution in [3.05, 3.63) is 41.3 Å². The first-order chi connectivity index (χ1) is 9.13. The number of amides is 1. The van der Waals surface area contributed by atoms with Crippen LogP contribution in [-0.2, 0) is 0 Å². The fourth-order valence-corrected chi connectivity index (χ4v) is 2.71. The van der Waals surface area contributed by atoms with E-state index in [0.717, 1.165) is 15.8 Å². The highest BCUT2D eigenvalue weighted by Crippen LogP contribution is 2.28. The van der Waals surface area contributed by atoms with E-state index in [4.69, 9.17) is 4.52 Å². The molecule has 0 radical (unpaired) electrons. The number of nitrogens with zero attached hydrogens (tertiary/aromatic N) is 2. The maximum atomic E-state index is 11.9. The highest BCUT2D eigenvalue weighted by Gasteiger charge is 2.14. The van der Waals surface area contributed by atoms with Crippen LogP contribution in [0.3, 0.4) is 0 Å². The van der Waals surface area contributed by atoms with E-state index >= 15 is 0 Å². The maximum absolute atomic E-state index is 11.9. The molecule has 3 aromatic rings. The predicted molar refractivity (Wildman–Crippen MR) is 73.6 cm³/mol. The number of aryl methyl sites for hydroxylation is 2. The Balaban J connectivity index is 1.89. The van der Waals surface area contributed by atoms with E-state index < -0.39 is 0 Å². The summed E-state index contributed by atoms with van der Waals surface area (Å²) in [6.45, 7) is 3.76. The van der Waals surface area contributed by atoms with Crippen LogP contribution >= 0.6 is 11.3 Å². The molecule has 0 saturated heterocycles. The number of carbonyl (C=O) groups is 1. The number of hydrogen-bond donors (Lipinski definition) is 1. The number of hydrogen-bond acceptors (Lipinski definition) is 5. The Labute approximate surface area is 113 Å². The summed E-state index contributed by atoms with van der Waals surface area (Å²) in [5.74, 6) is -0.147. The van der Waals surface area contributed by atoms with Crippen molar-refractivity contribution in [2.45, 2.75) is 13.8 Å². The fourth-order valence-electron chi connectivity index (χ4n) is 1.77. The molecule has 2 aromatic heterocycles. The minimum absolute atomic E-state index is 0.188. The van der Waals surface area contributed by atoms with Gasteiger partial charge in [0, 0.05) is 6.07 Å². The predicted octanol–water partition coefficient (Wildman–Crippen LogP) is 3.15. The molecule has 5 nitrogen and oxygen atoms in total. The number of nitrogens with one attached hydrogen (secondary N) is 1. The molecule has 1 amide bonds. The zero-order chi connectivity index (χ0) is 13.4. The highest BCUT2D eigenvalue weighted by molar-refractivity contribution is 7.22. The van der Waals surface area contributed by atoms with Gasteiger partial charge in [-0.1, -0.05) is 28.6 Å². The van der Waals surface area contributed by atoms with Crippen LogP contribution < -0.4 is 5.32 Å². The third kappa shape index (κ3) is 2.22. The molecule has 19 heavy (non-hydrogen) atoms. The second-order valence-corrected chi connectivity index (χ2v) is 5.26. The van der Waals surface area contributed by atoms with E-state index in [9.17, 15) is 4.79 Å². The average Bonchev–Trinajstić information content (AvgIpc) is 2.96. The Hall–Kier alpha value is -2.21. The molecule has 96 valence electrons. The minimum Gasteiger partial charge on any atom is -0.351 e. The summed E-state index contributed by atoms with van der Waals surface area (Å²) in [6.07, 6.45) is 0. The standard InChI is InChI=1S/C13H11N3O2S/c1-7-4-3-5-10-11(7)14-13(19-10)15-12(17)9-6-8(2)16-18-9/h3-6H,1-2H3,(H,14,15,17). The molecule has 0 spiro atoms. The van der Waals surface area contributed by atoms with Crippen molar-refractivity contribution in [3.63, 3.8) is 0 Å². The number of thiazole rings is 1. The van der Waals surface area contributed by atoms with Crippen molar-refractivity contribution in [2.24, 2.45) is 0 Å². The third-order valence-corrected chi connectivity index (χ3v) is 3.63. The van der Waals surface area contributed by atoms with Crippen LogP contribution in [0, 0.1) is 13.8 Å². The van der Waals surface area contributed by atoms with Crippen molar-refractivity contribution >= 4 is 32.6 Å². The van der Waals surface area contributed by atoms with Gasteiger partial charge in [-0.2, -0.15) is 0 Å². The van der Waals surface area contributed by atoms with E-state index in [2.05, 4.69) is 15.5 Å². The van der Waals surface area contributed by atoms with Gasteiger partial charge in [0.05, 0.1) is 15.9 Å². The van der Waals surface area contributed by atoms with Gasteiger partial charge in [0.2, 0.25) is 5.76 Å². The Morgan fingerprint density at radius 1 is 1.37 bits per heavy atom. The lowest BCUT2D eigenvalue weighted by Crippen LogP contribution is -2.10. The SMILES string of the molecule is Cc1cc(C(=O)Nc2nc3c(C)cccc3s2)on1. The van der Waals surface area contributed by atoms with E-state index in [1.807, 2.05) is 25.1 Å². The van der Waals surface area contributed by atoms with Crippen LogP contribution in [0.5, 0.6) is 0 Å². The molecule has 0 aliphatic rings. The lowest BCUT2D eigenvalue weighted by Gasteiger charge is -1.95. The summed E-state index contributed by atoms with van der Waals surface area (Å²) in [5.41, 5.74) is 2.67. The summed E-state index contributed by atoms with van der Waals surface area (Å²) in [4.78, 5) is 16.3. The van der Waals surface area contributed by atoms with Gasteiger partial charge < -0.3 is 4.52 Å².